The highest BCUT2D eigenvalue weighted by atomic mass is 15.2. The summed E-state index contributed by atoms with van der Waals surface area (Å²) in [6.45, 7) is 6.78. The van der Waals surface area contributed by atoms with Crippen molar-refractivity contribution < 1.29 is 0 Å². The van der Waals surface area contributed by atoms with E-state index in [9.17, 15) is 0 Å². The lowest BCUT2D eigenvalue weighted by Crippen LogP contribution is -2.44. The average molecular weight is 350 g/mol. The molecule has 0 radical (unpaired) electrons. The molecular weight excluding hydrogens is 324 g/mol. The first-order chi connectivity index (χ1) is 12.8. The maximum Gasteiger partial charge on any atom is 0.157 e. The summed E-state index contributed by atoms with van der Waals surface area (Å²) in [4.78, 5) is 17.6. The number of pyridine rings is 1. The van der Waals surface area contributed by atoms with Crippen molar-refractivity contribution in [2.24, 2.45) is 0 Å². The molecule has 0 spiro atoms. The molecule has 1 fully saturated rings. The van der Waals surface area contributed by atoms with Gasteiger partial charge in [-0.1, -0.05) is 18.2 Å². The number of anilines is 1. The summed E-state index contributed by atoms with van der Waals surface area (Å²) in [5.41, 5.74) is 2.87. The van der Waals surface area contributed by atoms with Crippen molar-refractivity contribution in [1.29, 1.82) is 0 Å². The first-order valence-corrected chi connectivity index (χ1v) is 9.35. The van der Waals surface area contributed by atoms with Crippen LogP contribution in [0.5, 0.6) is 0 Å². The number of benzene rings is 1. The Balaban J connectivity index is 1.32. The molecular formula is C20H26N6. The number of nitrogens with zero attached hydrogens (tertiary/aromatic N) is 4. The molecule has 26 heavy (non-hydrogen) atoms. The Hall–Kier alpha value is -2.44. The van der Waals surface area contributed by atoms with Crippen LogP contribution in [0.4, 0.5) is 5.82 Å². The lowest BCUT2D eigenvalue weighted by atomic mass is 10.3. The van der Waals surface area contributed by atoms with Crippen LogP contribution in [0.1, 0.15) is 6.42 Å². The van der Waals surface area contributed by atoms with Gasteiger partial charge < -0.3 is 20.1 Å². The molecule has 1 saturated heterocycles. The van der Waals surface area contributed by atoms with Gasteiger partial charge in [0, 0.05) is 32.7 Å². The second-order valence-corrected chi connectivity index (χ2v) is 6.94. The number of piperazine rings is 1. The Morgan fingerprint density at radius 1 is 1.00 bits per heavy atom. The minimum absolute atomic E-state index is 0.812. The number of H-pyrrole nitrogens is 1. The molecule has 3 aromatic rings. The zero-order valence-electron chi connectivity index (χ0n) is 15.3. The minimum Gasteiger partial charge on any atom is -0.370 e. The summed E-state index contributed by atoms with van der Waals surface area (Å²) < 4.78 is 0. The lowest BCUT2D eigenvalue weighted by molar-refractivity contribution is 0.154. The van der Waals surface area contributed by atoms with E-state index >= 15 is 0 Å². The van der Waals surface area contributed by atoms with Crippen molar-refractivity contribution >= 4 is 16.9 Å². The van der Waals surface area contributed by atoms with Crippen LogP contribution in [-0.4, -0.2) is 71.1 Å². The van der Waals surface area contributed by atoms with Crippen LogP contribution in [-0.2, 0) is 0 Å². The largest absolute Gasteiger partial charge is 0.370 e. The van der Waals surface area contributed by atoms with Gasteiger partial charge >= 0.3 is 0 Å². The Morgan fingerprint density at radius 3 is 2.69 bits per heavy atom. The van der Waals surface area contributed by atoms with Gasteiger partial charge in [0.2, 0.25) is 0 Å². The van der Waals surface area contributed by atoms with E-state index in [0.717, 1.165) is 47.9 Å². The molecule has 2 aromatic heterocycles. The summed E-state index contributed by atoms with van der Waals surface area (Å²) >= 11 is 0. The summed E-state index contributed by atoms with van der Waals surface area (Å²) in [6.07, 6.45) is 1.13. The smallest absolute Gasteiger partial charge is 0.157 e. The highest BCUT2D eigenvalue weighted by Crippen LogP contribution is 2.19. The number of aromatic amines is 1. The van der Waals surface area contributed by atoms with Gasteiger partial charge in [-0.05, 0) is 44.3 Å². The summed E-state index contributed by atoms with van der Waals surface area (Å²) in [5, 5.41) is 3.45. The number of likely N-dealkylation sites (N-methyl/N-ethyl adjacent to an activating group) is 1. The van der Waals surface area contributed by atoms with E-state index < -0.39 is 0 Å². The van der Waals surface area contributed by atoms with E-state index in [2.05, 4.69) is 32.1 Å². The molecule has 0 saturated carbocycles. The van der Waals surface area contributed by atoms with Gasteiger partial charge in [-0.15, -0.1) is 0 Å². The minimum atomic E-state index is 0.812. The van der Waals surface area contributed by atoms with Gasteiger partial charge in [0.15, 0.2) is 5.82 Å². The van der Waals surface area contributed by atoms with Gasteiger partial charge in [0.25, 0.3) is 0 Å². The molecule has 3 heterocycles. The van der Waals surface area contributed by atoms with Crippen LogP contribution in [0, 0.1) is 0 Å². The molecule has 1 aliphatic heterocycles. The first-order valence-electron chi connectivity index (χ1n) is 9.35. The van der Waals surface area contributed by atoms with Crippen molar-refractivity contribution in [2.45, 2.75) is 6.42 Å². The second-order valence-electron chi connectivity index (χ2n) is 6.94. The van der Waals surface area contributed by atoms with Crippen molar-refractivity contribution in [3.8, 4) is 11.5 Å². The molecule has 6 nitrogen and oxygen atoms in total. The molecule has 1 aliphatic rings. The fourth-order valence-electron chi connectivity index (χ4n) is 3.33. The van der Waals surface area contributed by atoms with E-state index in [-0.39, 0.29) is 0 Å². The maximum atomic E-state index is 4.71. The van der Waals surface area contributed by atoms with E-state index in [1.807, 2.05) is 42.5 Å². The first kappa shape index (κ1) is 17.0. The molecule has 6 heteroatoms. The fourth-order valence-corrected chi connectivity index (χ4v) is 3.33. The van der Waals surface area contributed by atoms with Crippen molar-refractivity contribution in [1.82, 2.24) is 24.8 Å². The van der Waals surface area contributed by atoms with Crippen LogP contribution in [0.3, 0.4) is 0 Å². The van der Waals surface area contributed by atoms with Crippen molar-refractivity contribution in [2.75, 3.05) is 51.6 Å². The molecule has 136 valence electrons. The van der Waals surface area contributed by atoms with E-state index in [1.165, 1.54) is 26.2 Å². The highest BCUT2D eigenvalue weighted by Gasteiger charge is 2.12. The predicted octanol–water partition coefficient (Wildman–Crippen LogP) is 2.67. The zero-order chi connectivity index (χ0) is 17.8. The van der Waals surface area contributed by atoms with Crippen LogP contribution >= 0.6 is 0 Å². The molecule has 0 unspecified atom stereocenters. The Bertz CT molecular complexity index is 817. The van der Waals surface area contributed by atoms with Gasteiger partial charge in [-0.25, -0.2) is 9.97 Å². The normalized spacial score (nSPS) is 16.2. The lowest BCUT2D eigenvalue weighted by Gasteiger charge is -2.32. The number of aromatic nitrogens is 3. The van der Waals surface area contributed by atoms with Gasteiger partial charge in [-0.2, -0.15) is 0 Å². The summed E-state index contributed by atoms with van der Waals surface area (Å²) in [6, 6.07) is 14.1. The molecule has 0 aliphatic carbocycles. The predicted molar refractivity (Wildman–Crippen MR) is 106 cm³/mol. The number of fused-ring (bicyclic) bond motifs is 1. The Kier molecular flexibility index (Phi) is 5.13. The number of imidazole rings is 1. The highest BCUT2D eigenvalue weighted by molar-refractivity contribution is 5.78. The topological polar surface area (TPSA) is 60.1 Å². The van der Waals surface area contributed by atoms with Crippen LogP contribution in [0.2, 0.25) is 0 Å². The van der Waals surface area contributed by atoms with Gasteiger partial charge in [-0.3, -0.25) is 0 Å². The third-order valence-electron chi connectivity index (χ3n) is 4.93. The van der Waals surface area contributed by atoms with Crippen molar-refractivity contribution in [3.63, 3.8) is 0 Å². The standard InChI is InChI=1S/C20H26N6/c1-25-12-14-26(15-13-25)11-5-10-21-19-9-4-8-18(22-19)20-23-16-6-2-3-7-17(16)24-20/h2-4,6-9H,5,10-15H2,1H3,(H,21,22)(H,23,24). The third kappa shape index (κ3) is 4.03. The number of hydrogen-bond donors (Lipinski definition) is 2. The fraction of sp³-hybridized carbons (Fsp3) is 0.400. The zero-order valence-corrected chi connectivity index (χ0v) is 15.3. The van der Waals surface area contributed by atoms with E-state index in [0.29, 0.717) is 0 Å². The molecule has 1 aromatic carbocycles. The molecule has 4 rings (SSSR count). The van der Waals surface area contributed by atoms with Gasteiger partial charge in [0.05, 0.1) is 11.0 Å². The third-order valence-corrected chi connectivity index (χ3v) is 4.93. The number of rotatable bonds is 6. The van der Waals surface area contributed by atoms with Crippen LogP contribution < -0.4 is 5.32 Å². The SMILES string of the molecule is CN1CCN(CCCNc2cccc(-c3nc4ccccc4[nH]3)n2)CC1. The second kappa shape index (κ2) is 7.85. The Morgan fingerprint density at radius 2 is 1.85 bits per heavy atom. The average Bonchev–Trinajstić information content (AvgIpc) is 3.11. The summed E-state index contributed by atoms with van der Waals surface area (Å²) in [7, 11) is 2.19. The van der Waals surface area contributed by atoms with Crippen LogP contribution in [0.25, 0.3) is 22.6 Å². The monoisotopic (exact) mass is 350 g/mol. The van der Waals surface area contributed by atoms with Crippen LogP contribution in [0.15, 0.2) is 42.5 Å². The number of nitrogens with one attached hydrogen (secondary N) is 2. The molecule has 0 atom stereocenters. The molecule has 2 N–H and O–H groups in total. The van der Waals surface area contributed by atoms with E-state index in [1.54, 1.807) is 0 Å². The summed E-state index contributed by atoms with van der Waals surface area (Å²) in [5.74, 6) is 1.72. The maximum absolute atomic E-state index is 4.71. The van der Waals surface area contributed by atoms with Gasteiger partial charge in [0.1, 0.15) is 11.5 Å². The van der Waals surface area contributed by atoms with E-state index in [4.69, 9.17) is 4.98 Å². The molecule has 0 amide bonds. The number of hydrogen-bond acceptors (Lipinski definition) is 5. The quantitative estimate of drug-likeness (QED) is 0.670. The van der Waals surface area contributed by atoms with Crippen molar-refractivity contribution in [3.05, 3.63) is 42.5 Å². The molecule has 0 bridgehead atoms. The Labute approximate surface area is 154 Å². The number of para-hydroxylation sites is 2.